The molecule has 0 aliphatic carbocycles. The first-order valence-electron chi connectivity index (χ1n) is 6.70. The minimum atomic E-state index is -0.376. The highest BCUT2D eigenvalue weighted by atomic mass is 16.6. The van der Waals surface area contributed by atoms with Crippen molar-refractivity contribution in [3.63, 3.8) is 0 Å². The second-order valence-electron chi connectivity index (χ2n) is 4.42. The highest BCUT2D eigenvalue weighted by Crippen LogP contribution is 2.29. The largest absolute Gasteiger partial charge is 0.383 e. The maximum atomic E-state index is 11.0. The monoisotopic (exact) mass is 274 g/mol. The van der Waals surface area contributed by atoms with Crippen LogP contribution >= 0.6 is 0 Å². The van der Waals surface area contributed by atoms with Gasteiger partial charge in [-0.1, -0.05) is 6.92 Å². The Balaban J connectivity index is 2.18. The summed E-state index contributed by atoms with van der Waals surface area (Å²) in [4.78, 5) is 14.9. The number of nitrogens with one attached hydrogen (secondary N) is 2. The van der Waals surface area contributed by atoms with Gasteiger partial charge in [0.1, 0.15) is 5.52 Å². The number of nitrogens with zero attached hydrogens (tertiary/aromatic N) is 2. The molecular weight excluding hydrogens is 256 g/mol. The van der Waals surface area contributed by atoms with Crippen LogP contribution in [0.3, 0.4) is 0 Å². The van der Waals surface area contributed by atoms with Gasteiger partial charge in [-0.3, -0.25) is 15.1 Å². The summed E-state index contributed by atoms with van der Waals surface area (Å²) in [6, 6.07) is 6.69. The predicted octanol–water partition coefficient (Wildman–Crippen LogP) is 2.55. The van der Waals surface area contributed by atoms with Crippen LogP contribution in [0.5, 0.6) is 0 Å². The molecule has 0 amide bonds. The highest BCUT2D eigenvalue weighted by molar-refractivity contribution is 5.96. The lowest BCUT2D eigenvalue weighted by atomic mass is 10.1. The third kappa shape index (κ3) is 3.21. The van der Waals surface area contributed by atoms with Gasteiger partial charge in [-0.2, -0.15) is 0 Å². The van der Waals surface area contributed by atoms with Crippen LogP contribution in [0.25, 0.3) is 10.9 Å². The maximum Gasteiger partial charge on any atom is 0.278 e. The summed E-state index contributed by atoms with van der Waals surface area (Å²) >= 11 is 0. The number of benzene rings is 1. The van der Waals surface area contributed by atoms with Crippen LogP contribution in [0.4, 0.5) is 11.4 Å². The molecule has 1 aromatic heterocycles. The zero-order chi connectivity index (χ0) is 14.4. The van der Waals surface area contributed by atoms with E-state index in [9.17, 15) is 10.1 Å². The van der Waals surface area contributed by atoms with Crippen molar-refractivity contribution in [3.8, 4) is 0 Å². The molecule has 0 aliphatic rings. The average Bonchev–Trinajstić information content (AvgIpc) is 2.46. The van der Waals surface area contributed by atoms with Gasteiger partial charge in [0.15, 0.2) is 0 Å². The van der Waals surface area contributed by atoms with E-state index >= 15 is 0 Å². The van der Waals surface area contributed by atoms with E-state index in [-0.39, 0.29) is 10.6 Å². The number of fused-ring (bicyclic) bond motifs is 1. The Morgan fingerprint density at radius 1 is 1.30 bits per heavy atom. The fourth-order valence-electron chi connectivity index (χ4n) is 2.07. The Bertz CT molecular complexity index is 601. The third-order valence-electron chi connectivity index (χ3n) is 3.04. The zero-order valence-electron chi connectivity index (χ0n) is 11.4. The molecule has 2 rings (SSSR count). The number of hydrogen-bond donors (Lipinski definition) is 2. The summed E-state index contributed by atoms with van der Waals surface area (Å²) in [5.41, 5.74) is 1.57. The number of nitro benzene ring substituents is 1. The van der Waals surface area contributed by atoms with Crippen molar-refractivity contribution in [1.29, 1.82) is 0 Å². The normalized spacial score (nSPS) is 10.7. The second-order valence-corrected chi connectivity index (χ2v) is 4.42. The summed E-state index contributed by atoms with van der Waals surface area (Å²) in [5.74, 6) is 0. The van der Waals surface area contributed by atoms with Crippen molar-refractivity contribution in [2.45, 2.75) is 13.3 Å². The van der Waals surface area contributed by atoms with Gasteiger partial charge >= 0.3 is 0 Å². The number of aromatic nitrogens is 1. The average molecular weight is 274 g/mol. The molecule has 0 saturated carbocycles. The van der Waals surface area contributed by atoms with Crippen molar-refractivity contribution >= 4 is 22.3 Å². The van der Waals surface area contributed by atoms with E-state index < -0.39 is 0 Å². The molecule has 6 nitrogen and oxygen atoms in total. The SMILES string of the molecule is CCNCCCNc1ccc([N+](=O)[O-])c2cccnc12. The summed E-state index contributed by atoms with van der Waals surface area (Å²) < 4.78 is 0. The second kappa shape index (κ2) is 6.81. The van der Waals surface area contributed by atoms with E-state index in [0.29, 0.717) is 10.9 Å². The predicted molar refractivity (Wildman–Crippen MR) is 80.0 cm³/mol. The number of anilines is 1. The number of pyridine rings is 1. The topological polar surface area (TPSA) is 80.1 Å². The fourth-order valence-corrected chi connectivity index (χ4v) is 2.07. The van der Waals surface area contributed by atoms with E-state index in [1.165, 1.54) is 6.07 Å². The third-order valence-corrected chi connectivity index (χ3v) is 3.04. The lowest BCUT2D eigenvalue weighted by molar-refractivity contribution is -0.383. The van der Waals surface area contributed by atoms with E-state index in [1.807, 2.05) is 0 Å². The summed E-state index contributed by atoms with van der Waals surface area (Å²) in [7, 11) is 0. The molecule has 0 radical (unpaired) electrons. The maximum absolute atomic E-state index is 11.0. The molecule has 0 aliphatic heterocycles. The van der Waals surface area contributed by atoms with Gasteiger partial charge < -0.3 is 10.6 Å². The Hall–Kier alpha value is -2.21. The van der Waals surface area contributed by atoms with E-state index in [0.717, 1.165) is 31.7 Å². The van der Waals surface area contributed by atoms with Crippen molar-refractivity contribution in [2.24, 2.45) is 0 Å². The first kappa shape index (κ1) is 14.2. The van der Waals surface area contributed by atoms with Crippen LogP contribution in [0.1, 0.15) is 13.3 Å². The fraction of sp³-hybridized carbons (Fsp3) is 0.357. The summed E-state index contributed by atoms with van der Waals surface area (Å²) in [5, 5.41) is 18.1. The molecule has 6 heteroatoms. The Morgan fingerprint density at radius 2 is 2.15 bits per heavy atom. The summed E-state index contributed by atoms with van der Waals surface area (Å²) in [6.07, 6.45) is 2.63. The van der Waals surface area contributed by atoms with E-state index in [1.54, 1.807) is 24.4 Å². The molecule has 0 unspecified atom stereocenters. The minimum Gasteiger partial charge on any atom is -0.383 e. The van der Waals surface area contributed by atoms with Crippen LogP contribution in [-0.4, -0.2) is 29.5 Å². The molecule has 0 spiro atoms. The molecule has 0 bridgehead atoms. The van der Waals surface area contributed by atoms with Crippen LogP contribution < -0.4 is 10.6 Å². The quantitative estimate of drug-likeness (QED) is 0.461. The molecule has 2 N–H and O–H groups in total. The van der Waals surface area contributed by atoms with Crippen molar-refractivity contribution < 1.29 is 4.92 Å². The molecule has 0 atom stereocenters. The molecule has 106 valence electrons. The first-order valence-corrected chi connectivity index (χ1v) is 6.70. The summed E-state index contributed by atoms with van der Waals surface area (Å²) in [6.45, 7) is 4.78. The van der Waals surface area contributed by atoms with Gasteiger partial charge in [-0.15, -0.1) is 0 Å². The van der Waals surface area contributed by atoms with Gasteiger partial charge in [0.25, 0.3) is 5.69 Å². The highest BCUT2D eigenvalue weighted by Gasteiger charge is 2.14. The van der Waals surface area contributed by atoms with E-state index in [2.05, 4.69) is 22.5 Å². The van der Waals surface area contributed by atoms with Crippen LogP contribution in [0.2, 0.25) is 0 Å². The van der Waals surface area contributed by atoms with Crippen molar-refractivity contribution in [3.05, 3.63) is 40.6 Å². The number of rotatable bonds is 7. The molecule has 0 fully saturated rings. The van der Waals surface area contributed by atoms with Crippen molar-refractivity contribution in [1.82, 2.24) is 10.3 Å². The van der Waals surface area contributed by atoms with Gasteiger partial charge in [-0.05, 0) is 37.7 Å². The smallest absolute Gasteiger partial charge is 0.278 e. The molecule has 1 heterocycles. The lowest BCUT2D eigenvalue weighted by Gasteiger charge is -2.09. The Morgan fingerprint density at radius 3 is 2.90 bits per heavy atom. The van der Waals surface area contributed by atoms with Gasteiger partial charge in [0, 0.05) is 18.8 Å². The molecule has 20 heavy (non-hydrogen) atoms. The standard InChI is InChI=1S/C14H18N4O2/c1-2-15-8-4-10-16-12-6-7-13(18(19)20)11-5-3-9-17-14(11)12/h3,5-7,9,15-16H,2,4,8,10H2,1H3. The van der Waals surface area contributed by atoms with Gasteiger partial charge in [-0.25, -0.2) is 0 Å². The van der Waals surface area contributed by atoms with E-state index in [4.69, 9.17) is 0 Å². The number of nitro groups is 1. The molecular formula is C14H18N4O2. The van der Waals surface area contributed by atoms with Crippen LogP contribution in [0, 0.1) is 10.1 Å². The van der Waals surface area contributed by atoms with Crippen LogP contribution in [-0.2, 0) is 0 Å². The van der Waals surface area contributed by atoms with Crippen molar-refractivity contribution in [2.75, 3.05) is 25.0 Å². The molecule has 0 saturated heterocycles. The van der Waals surface area contributed by atoms with Gasteiger partial charge in [0.2, 0.25) is 0 Å². The number of hydrogen-bond acceptors (Lipinski definition) is 5. The Kier molecular flexibility index (Phi) is 4.84. The zero-order valence-corrected chi connectivity index (χ0v) is 11.4. The van der Waals surface area contributed by atoms with Crippen LogP contribution in [0.15, 0.2) is 30.5 Å². The molecule has 1 aromatic carbocycles. The number of non-ortho nitro benzene ring substituents is 1. The minimum absolute atomic E-state index is 0.0892. The lowest BCUT2D eigenvalue weighted by Crippen LogP contribution is -2.17. The van der Waals surface area contributed by atoms with Gasteiger partial charge in [0.05, 0.1) is 16.0 Å². The Labute approximate surface area is 117 Å². The first-order chi connectivity index (χ1) is 9.74. The molecule has 2 aromatic rings.